The summed E-state index contributed by atoms with van der Waals surface area (Å²) >= 11 is 0. The van der Waals surface area contributed by atoms with E-state index in [9.17, 15) is 9.90 Å². The van der Waals surface area contributed by atoms with Gasteiger partial charge >= 0.3 is 0 Å². The molecule has 0 bridgehead atoms. The molecule has 130 valence electrons. The second-order valence-corrected chi connectivity index (χ2v) is 9.82. The predicted molar refractivity (Wildman–Crippen MR) is 106 cm³/mol. The van der Waals surface area contributed by atoms with Crippen molar-refractivity contribution >= 4 is 21.6 Å². The van der Waals surface area contributed by atoms with E-state index in [1.165, 1.54) is 5.56 Å². The van der Waals surface area contributed by atoms with Crippen molar-refractivity contribution in [3.8, 4) is 0 Å². The topological polar surface area (TPSA) is 42.2 Å². The van der Waals surface area contributed by atoms with Crippen LogP contribution >= 0.6 is 21.6 Å². The van der Waals surface area contributed by atoms with Crippen LogP contribution in [0.2, 0.25) is 0 Å². The Hall–Kier alpha value is -1.17. The fourth-order valence-electron chi connectivity index (χ4n) is 1.88. The molecule has 0 fully saturated rings. The van der Waals surface area contributed by atoms with E-state index < -0.39 is 5.60 Å². The predicted octanol–water partition coefficient (Wildman–Crippen LogP) is 4.33. The van der Waals surface area contributed by atoms with Gasteiger partial charge in [0.2, 0.25) is 0 Å². The minimum absolute atomic E-state index is 0.0161. The van der Waals surface area contributed by atoms with Gasteiger partial charge in [-0.05, 0) is 44.9 Å². The lowest BCUT2D eigenvalue weighted by molar-refractivity contribution is 0.0498. The first-order valence-electron chi connectivity index (χ1n) is 7.95. The summed E-state index contributed by atoms with van der Waals surface area (Å²) in [5.41, 5.74) is 1.64. The van der Waals surface area contributed by atoms with Gasteiger partial charge in [-0.25, -0.2) is 0 Å². The van der Waals surface area contributed by atoms with Gasteiger partial charge in [-0.15, -0.1) is 0 Å². The highest BCUT2D eigenvalue weighted by Gasteiger charge is 2.35. The maximum Gasteiger partial charge on any atom is 0.250 e. The smallest absolute Gasteiger partial charge is 0.250 e. The van der Waals surface area contributed by atoms with Gasteiger partial charge in [0, 0.05) is 22.8 Å². The van der Waals surface area contributed by atoms with Crippen molar-refractivity contribution in [2.24, 2.45) is 0 Å². The van der Waals surface area contributed by atoms with E-state index in [1.54, 1.807) is 38.3 Å². The Labute approximate surface area is 151 Å². The molecule has 0 unspecified atom stereocenters. The van der Waals surface area contributed by atoms with Crippen LogP contribution in [-0.2, 0) is 12.3 Å². The summed E-state index contributed by atoms with van der Waals surface area (Å²) in [4.78, 5) is 11.7. The van der Waals surface area contributed by atoms with Crippen LogP contribution in [-0.4, -0.2) is 20.0 Å². The van der Waals surface area contributed by atoms with Crippen molar-refractivity contribution < 1.29 is 5.11 Å². The van der Waals surface area contributed by atoms with E-state index in [2.05, 4.69) is 38.1 Å². The molecule has 1 heterocycles. The van der Waals surface area contributed by atoms with Crippen molar-refractivity contribution in [2.45, 2.75) is 50.3 Å². The van der Waals surface area contributed by atoms with E-state index in [1.807, 2.05) is 26.1 Å². The fourth-order valence-corrected chi connectivity index (χ4v) is 4.84. The van der Waals surface area contributed by atoms with Crippen molar-refractivity contribution in [1.82, 2.24) is 4.57 Å². The molecule has 0 radical (unpaired) electrons. The normalized spacial score (nSPS) is 12.4. The molecule has 0 saturated heterocycles. The van der Waals surface area contributed by atoms with E-state index in [-0.39, 0.29) is 10.3 Å². The quantitative estimate of drug-likeness (QED) is 0.744. The van der Waals surface area contributed by atoms with E-state index in [0.717, 1.165) is 11.3 Å². The van der Waals surface area contributed by atoms with E-state index in [4.69, 9.17) is 0 Å². The van der Waals surface area contributed by atoms with Crippen molar-refractivity contribution in [1.29, 1.82) is 0 Å². The Morgan fingerprint density at radius 1 is 1.00 bits per heavy atom. The van der Waals surface area contributed by atoms with Crippen LogP contribution in [0.4, 0.5) is 0 Å². The minimum atomic E-state index is -0.725. The molecule has 1 N–H and O–H groups in total. The van der Waals surface area contributed by atoms with Gasteiger partial charge in [-0.2, -0.15) is 0 Å². The lowest BCUT2D eigenvalue weighted by Gasteiger charge is -2.35. The van der Waals surface area contributed by atoms with Gasteiger partial charge in [0.1, 0.15) is 0 Å². The summed E-state index contributed by atoms with van der Waals surface area (Å²) in [6.07, 6.45) is 1.81. The number of aliphatic hydroxyl groups is 1. The Bertz CT molecular complexity index is 715. The molecule has 5 heteroatoms. The Kier molecular flexibility index (Phi) is 6.23. The molecule has 24 heavy (non-hydrogen) atoms. The molecule has 2 aromatic rings. The van der Waals surface area contributed by atoms with Gasteiger partial charge in [-0.1, -0.05) is 51.9 Å². The molecule has 0 atom stereocenters. The first-order valence-corrected chi connectivity index (χ1v) is 10.3. The van der Waals surface area contributed by atoms with Crippen LogP contribution in [0.25, 0.3) is 0 Å². The molecule has 2 rings (SSSR count). The average Bonchev–Trinajstić information content (AvgIpc) is 2.50. The molecular formula is C19H25NO2S2. The molecule has 3 nitrogen and oxygen atoms in total. The zero-order valence-electron chi connectivity index (χ0n) is 14.7. The van der Waals surface area contributed by atoms with Crippen molar-refractivity contribution in [2.75, 3.05) is 0 Å². The highest BCUT2D eigenvalue weighted by atomic mass is 33.1. The largest absolute Gasteiger partial charge is 0.389 e. The van der Waals surface area contributed by atoms with Gasteiger partial charge in [0.15, 0.2) is 0 Å². The molecule has 0 aliphatic heterocycles. The number of hydrogen-bond acceptors (Lipinski definition) is 4. The first kappa shape index (κ1) is 19.2. The lowest BCUT2D eigenvalue weighted by Crippen LogP contribution is -2.41. The van der Waals surface area contributed by atoms with Crippen LogP contribution in [0, 0.1) is 0 Å². The van der Waals surface area contributed by atoms with Crippen LogP contribution in [0.3, 0.4) is 0 Å². The molecule has 1 aromatic carbocycles. The lowest BCUT2D eigenvalue weighted by atomic mass is 9.94. The summed E-state index contributed by atoms with van der Waals surface area (Å²) in [7, 11) is 3.46. The van der Waals surface area contributed by atoms with E-state index >= 15 is 0 Å². The van der Waals surface area contributed by atoms with E-state index in [0.29, 0.717) is 6.54 Å². The summed E-state index contributed by atoms with van der Waals surface area (Å²) in [6.45, 7) is 8.41. The maximum atomic E-state index is 11.7. The van der Waals surface area contributed by atoms with Crippen molar-refractivity contribution in [3.05, 3.63) is 70.1 Å². The van der Waals surface area contributed by atoms with Gasteiger partial charge in [0.25, 0.3) is 5.56 Å². The van der Waals surface area contributed by atoms with Crippen molar-refractivity contribution in [3.63, 3.8) is 0 Å². The number of aromatic nitrogens is 1. The second kappa shape index (κ2) is 7.81. The molecule has 0 spiro atoms. The maximum absolute atomic E-state index is 11.7. The summed E-state index contributed by atoms with van der Waals surface area (Å²) in [6, 6.07) is 13.6. The Morgan fingerprint density at radius 2 is 1.62 bits per heavy atom. The van der Waals surface area contributed by atoms with Gasteiger partial charge < -0.3 is 9.67 Å². The molecule has 0 saturated carbocycles. The van der Waals surface area contributed by atoms with Crippen LogP contribution in [0.1, 0.15) is 38.8 Å². The molecule has 0 amide bonds. The number of nitrogens with zero attached hydrogens (tertiary/aromatic N) is 1. The molecular weight excluding hydrogens is 338 g/mol. The third-order valence-electron chi connectivity index (χ3n) is 4.24. The van der Waals surface area contributed by atoms with Crippen LogP contribution in [0.15, 0.2) is 53.5 Å². The second-order valence-electron chi connectivity index (χ2n) is 6.90. The zero-order valence-corrected chi connectivity index (χ0v) is 16.3. The molecule has 0 aliphatic carbocycles. The zero-order chi connectivity index (χ0) is 17.8. The first-order chi connectivity index (χ1) is 11.2. The fraction of sp³-hybridized carbons (Fsp3) is 0.421. The van der Waals surface area contributed by atoms with Gasteiger partial charge in [0.05, 0.1) is 12.1 Å². The highest BCUT2D eigenvalue weighted by Crippen LogP contribution is 2.43. The molecule has 0 aliphatic rings. The summed E-state index contributed by atoms with van der Waals surface area (Å²) < 4.78 is 1.48. The minimum Gasteiger partial charge on any atom is -0.389 e. The number of rotatable bonds is 7. The average molecular weight is 364 g/mol. The third kappa shape index (κ3) is 5.16. The van der Waals surface area contributed by atoms with Crippen LogP contribution < -0.4 is 5.56 Å². The summed E-state index contributed by atoms with van der Waals surface area (Å²) in [5.74, 6) is 0.885. The number of benzene rings is 1. The third-order valence-corrected chi connectivity index (χ3v) is 7.68. The Balaban J connectivity index is 1.91. The standard InChI is InChI=1S/C19H25NO2S2/c1-18(2,22)19(3,4)24-23-14-16-10-8-15(9-11-16)13-20-12-6-5-7-17(20)21/h5-12,22H,13-14H2,1-4H3. The Morgan fingerprint density at radius 3 is 2.21 bits per heavy atom. The summed E-state index contributed by atoms with van der Waals surface area (Å²) in [5, 5.41) is 10.2. The van der Waals surface area contributed by atoms with Crippen LogP contribution in [0.5, 0.6) is 0 Å². The SMILES string of the molecule is CC(C)(O)C(C)(C)SSCc1ccc(Cn2ccccc2=O)cc1. The molecule has 1 aromatic heterocycles. The monoisotopic (exact) mass is 363 g/mol. The number of pyridine rings is 1. The number of hydrogen-bond donors (Lipinski definition) is 1. The van der Waals surface area contributed by atoms with Gasteiger partial charge in [-0.3, -0.25) is 4.79 Å². The highest BCUT2D eigenvalue weighted by molar-refractivity contribution is 8.76.